The van der Waals surface area contributed by atoms with Crippen molar-refractivity contribution in [2.24, 2.45) is 0 Å². The largest absolute Gasteiger partial charge is 0.366 e. The molecule has 0 spiro atoms. The summed E-state index contributed by atoms with van der Waals surface area (Å²) in [4.78, 5) is 25.2. The molecule has 5 heteroatoms. The normalized spacial score (nSPS) is 13.2. The van der Waals surface area contributed by atoms with Gasteiger partial charge < -0.3 is 10.6 Å². The fourth-order valence-electron chi connectivity index (χ4n) is 1.94. The van der Waals surface area contributed by atoms with Crippen molar-refractivity contribution in [1.29, 1.82) is 0 Å². The van der Waals surface area contributed by atoms with E-state index in [0.29, 0.717) is 6.67 Å². The Balaban J connectivity index is 2.01. The van der Waals surface area contributed by atoms with Crippen molar-refractivity contribution in [3.63, 3.8) is 0 Å². The third kappa shape index (κ3) is 2.61. The minimum absolute atomic E-state index is 0.0503. The van der Waals surface area contributed by atoms with Crippen molar-refractivity contribution in [3.05, 3.63) is 24.3 Å². The van der Waals surface area contributed by atoms with Crippen molar-refractivity contribution in [2.75, 3.05) is 16.9 Å². The van der Waals surface area contributed by atoms with Crippen LogP contribution < -0.4 is 15.5 Å². The molecule has 1 aliphatic rings. The van der Waals surface area contributed by atoms with Crippen LogP contribution in [0.3, 0.4) is 0 Å². The molecule has 0 saturated heterocycles. The van der Waals surface area contributed by atoms with Crippen LogP contribution in [0.15, 0.2) is 24.3 Å². The Hall–Kier alpha value is -2.04. The Labute approximate surface area is 106 Å². The number of hydrogen-bond acceptors (Lipinski definition) is 3. The Morgan fingerprint density at radius 1 is 1.39 bits per heavy atom. The van der Waals surface area contributed by atoms with Crippen LogP contribution >= 0.6 is 0 Å². The zero-order chi connectivity index (χ0) is 13.1. The monoisotopic (exact) mass is 247 g/mol. The van der Waals surface area contributed by atoms with E-state index in [4.69, 9.17) is 0 Å². The highest BCUT2D eigenvalue weighted by Crippen LogP contribution is 2.30. The maximum Gasteiger partial charge on any atom is 0.237 e. The quantitative estimate of drug-likeness (QED) is 0.792. The first-order chi connectivity index (χ1) is 8.58. The first-order valence-electron chi connectivity index (χ1n) is 6.00. The molecule has 0 radical (unpaired) electrons. The summed E-state index contributed by atoms with van der Waals surface area (Å²) < 4.78 is 0. The van der Waals surface area contributed by atoms with Crippen molar-refractivity contribution < 1.29 is 9.59 Å². The lowest BCUT2D eigenvalue weighted by Gasteiger charge is -2.16. The summed E-state index contributed by atoms with van der Waals surface area (Å²) in [6.45, 7) is 4.16. The smallest absolute Gasteiger partial charge is 0.237 e. The van der Waals surface area contributed by atoms with Gasteiger partial charge in [0.15, 0.2) is 0 Å². The maximum absolute atomic E-state index is 12.0. The fourth-order valence-corrected chi connectivity index (χ4v) is 1.94. The first kappa shape index (κ1) is 12.4. The van der Waals surface area contributed by atoms with E-state index in [9.17, 15) is 9.59 Å². The number of anilines is 2. The van der Waals surface area contributed by atoms with E-state index in [1.165, 1.54) is 0 Å². The Bertz CT molecular complexity index is 471. The van der Waals surface area contributed by atoms with Gasteiger partial charge in [-0.1, -0.05) is 12.1 Å². The van der Waals surface area contributed by atoms with Gasteiger partial charge in [0.25, 0.3) is 0 Å². The van der Waals surface area contributed by atoms with Crippen molar-refractivity contribution in [3.8, 4) is 0 Å². The number of nitrogens with zero attached hydrogens (tertiary/aromatic N) is 1. The minimum atomic E-state index is -0.237. The molecule has 2 rings (SSSR count). The molecule has 0 fully saturated rings. The molecule has 0 aliphatic carbocycles. The van der Waals surface area contributed by atoms with E-state index in [-0.39, 0.29) is 24.3 Å². The summed E-state index contributed by atoms with van der Waals surface area (Å²) in [5.74, 6) is -0.426. The number of fused-ring (bicyclic) bond motifs is 1. The Morgan fingerprint density at radius 3 is 2.83 bits per heavy atom. The number of hydrogen-bond donors (Lipinski definition) is 2. The Morgan fingerprint density at radius 2 is 2.11 bits per heavy atom. The molecule has 5 nitrogen and oxygen atoms in total. The highest BCUT2D eigenvalue weighted by atomic mass is 16.2. The van der Waals surface area contributed by atoms with Gasteiger partial charge in [0.2, 0.25) is 11.8 Å². The summed E-state index contributed by atoms with van der Waals surface area (Å²) in [5, 5.41) is 5.83. The van der Waals surface area contributed by atoms with Crippen LogP contribution in [0.5, 0.6) is 0 Å². The van der Waals surface area contributed by atoms with Crippen LogP contribution in [0, 0.1) is 0 Å². The van der Waals surface area contributed by atoms with Crippen molar-refractivity contribution in [1.82, 2.24) is 5.32 Å². The predicted molar refractivity (Wildman–Crippen MR) is 70.3 cm³/mol. The number of carbonyl (C=O) groups excluding carboxylic acids is 2. The topological polar surface area (TPSA) is 61.4 Å². The molecule has 0 unspecified atom stereocenters. The SMILES string of the molecule is CC(C)NC(=O)CC(=O)N1CNc2ccccc21. The molecule has 1 aliphatic heterocycles. The second-order valence-corrected chi connectivity index (χ2v) is 4.57. The second-order valence-electron chi connectivity index (χ2n) is 4.57. The number of rotatable bonds is 3. The van der Waals surface area contributed by atoms with Gasteiger partial charge >= 0.3 is 0 Å². The van der Waals surface area contributed by atoms with E-state index in [0.717, 1.165) is 11.4 Å². The molecule has 0 atom stereocenters. The molecule has 1 heterocycles. The van der Waals surface area contributed by atoms with E-state index in [1.807, 2.05) is 38.1 Å². The first-order valence-corrected chi connectivity index (χ1v) is 6.00. The predicted octanol–water partition coefficient (Wildman–Crippen LogP) is 1.32. The average molecular weight is 247 g/mol. The molecular formula is C13H17N3O2. The van der Waals surface area contributed by atoms with Gasteiger partial charge in [-0.05, 0) is 26.0 Å². The lowest BCUT2D eigenvalue weighted by atomic mass is 10.2. The highest BCUT2D eigenvalue weighted by Gasteiger charge is 2.25. The summed E-state index contributed by atoms with van der Waals surface area (Å²) in [7, 11) is 0. The minimum Gasteiger partial charge on any atom is -0.366 e. The number of benzene rings is 1. The van der Waals surface area contributed by atoms with E-state index >= 15 is 0 Å². The summed E-state index contributed by atoms with van der Waals surface area (Å²) in [6.07, 6.45) is -0.117. The zero-order valence-electron chi connectivity index (χ0n) is 10.6. The number of para-hydroxylation sites is 2. The molecular weight excluding hydrogens is 230 g/mol. The third-order valence-electron chi connectivity index (χ3n) is 2.68. The molecule has 0 bridgehead atoms. The van der Waals surface area contributed by atoms with Gasteiger partial charge in [0, 0.05) is 6.04 Å². The Kier molecular flexibility index (Phi) is 3.50. The van der Waals surface area contributed by atoms with Gasteiger partial charge in [0.1, 0.15) is 6.42 Å². The molecule has 18 heavy (non-hydrogen) atoms. The third-order valence-corrected chi connectivity index (χ3v) is 2.68. The van der Waals surface area contributed by atoms with E-state index in [1.54, 1.807) is 4.90 Å². The van der Waals surface area contributed by atoms with Crippen LogP contribution in [0.4, 0.5) is 11.4 Å². The van der Waals surface area contributed by atoms with Crippen LogP contribution in [0.25, 0.3) is 0 Å². The van der Waals surface area contributed by atoms with Crippen molar-refractivity contribution >= 4 is 23.2 Å². The van der Waals surface area contributed by atoms with Gasteiger partial charge in [-0.2, -0.15) is 0 Å². The molecule has 2 amide bonds. The van der Waals surface area contributed by atoms with E-state index in [2.05, 4.69) is 10.6 Å². The molecule has 2 N–H and O–H groups in total. The standard InChI is InChI=1S/C13H17N3O2/c1-9(2)15-12(17)7-13(18)16-8-14-10-5-3-4-6-11(10)16/h3-6,9,14H,7-8H2,1-2H3,(H,15,17). The van der Waals surface area contributed by atoms with Gasteiger partial charge in [-0.25, -0.2) is 0 Å². The summed E-state index contributed by atoms with van der Waals surface area (Å²) in [5.41, 5.74) is 1.76. The van der Waals surface area contributed by atoms with Crippen LogP contribution in [0.1, 0.15) is 20.3 Å². The average Bonchev–Trinajstić information content (AvgIpc) is 2.71. The summed E-state index contributed by atoms with van der Waals surface area (Å²) >= 11 is 0. The van der Waals surface area contributed by atoms with Gasteiger partial charge in [-0.3, -0.25) is 14.5 Å². The van der Waals surface area contributed by atoms with Crippen LogP contribution in [-0.2, 0) is 9.59 Å². The second kappa shape index (κ2) is 5.08. The molecule has 0 aromatic heterocycles. The zero-order valence-corrected chi connectivity index (χ0v) is 10.6. The number of nitrogens with one attached hydrogen (secondary N) is 2. The van der Waals surface area contributed by atoms with Crippen molar-refractivity contribution in [2.45, 2.75) is 26.3 Å². The van der Waals surface area contributed by atoms with Crippen LogP contribution in [0.2, 0.25) is 0 Å². The van der Waals surface area contributed by atoms with Gasteiger partial charge in [-0.15, -0.1) is 0 Å². The molecule has 1 aromatic rings. The molecule has 96 valence electrons. The summed E-state index contributed by atoms with van der Waals surface area (Å²) in [6, 6.07) is 7.62. The lowest BCUT2D eigenvalue weighted by molar-refractivity contribution is -0.128. The van der Waals surface area contributed by atoms with Crippen LogP contribution in [-0.4, -0.2) is 24.5 Å². The fraction of sp³-hybridized carbons (Fsp3) is 0.385. The van der Waals surface area contributed by atoms with E-state index < -0.39 is 0 Å². The lowest BCUT2D eigenvalue weighted by Crippen LogP contribution is -2.37. The number of amides is 2. The van der Waals surface area contributed by atoms with Gasteiger partial charge in [0.05, 0.1) is 18.0 Å². The molecule has 1 aromatic carbocycles. The molecule has 0 saturated carbocycles. The maximum atomic E-state index is 12.0. The number of carbonyl (C=O) groups is 2. The highest BCUT2D eigenvalue weighted by molar-refractivity contribution is 6.07.